The minimum Gasteiger partial charge on any atom is -0.326 e. The van der Waals surface area contributed by atoms with Crippen LogP contribution in [0.15, 0.2) is 78.2 Å². The highest BCUT2D eigenvalue weighted by molar-refractivity contribution is 7.13. The van der Waals surface area contributed by atoms with Crippen LogP contribution in [0.4, 0.5) is 10.1 Å². The van der Waals surface area contributed by atoms with Crippen LogP contribution in [-0.4, -0.2) is 10.9 Å². The van der Waals surface area contributed by atoms with Gasteiger partial charge in [0.05, 0.1) is 12.1 Å². The third-order valence-corrected chi connectivity index (χ3v) is 5.46. The highest BCUT2D eigenvalue weighted by Crippen LogP contribution is 2.30. The Labute approximate surface area is 176 Å². The fraction of sp³-hybridized carbons (Fsp3) is 0.0435. The third-order valence-electron chi connectivity index (χ3n) is 4.32. The van der Waals surface area contributed by atoms with E-state index in [9.17, 15) is 9.18 Å². The first kappa shape index (κ1) is 19.3. The molecule has 4 aromatic rings. The molecule has 0 aliphatic rings. The van der Waals surface area contributed by atoms with Gasteiger partial charge in [-0.15, -0.1) is 11.3 Å². The summed E-state index contributed by atoms with van der Waals surface area (Å²) in [5.41, 5.74) is 4.22. The monoisotopic (exact) mass is 422 g/mol. The lowest BCUT2D eigenvalue weighted by Crippen LogP contribution is -2.14. The van der Waals surface area contributed by atoms with E-state index in [0.29, 0.717) is 10.7 Å². The summed E-state index contributed by atoms with van der Waals surface area (Å²) >= 11 is 7.50. The molecule has 29 heavy (non-hydrogen) atoms. The zero-order chi connectivity index (χ0) is 20.2. The van der Waals surface area contributed by atoms with E-state index in [-0.39, 0.29) is 18.1 Å². The number of rotatable bonds is 5. The van der Waals surface area contributed by atoms with Crippen molar-refractivity contribution in [3.8, 4) is 21.8 Å². The molecule has 0 aliphatic heterocycles. The van der Waals surface area contributed by atoms with E-state index >= 15 is 0 Å². The Hall–Kier alpha value is -3.02. The van der Waals surface area contributed by atoms with Crippen LogP contribution >= 0.6 is 22.9 Å². The van der Waals surface area contributed by atoms with Gasteiger partial charge in [0.15, 0.2) is 0 Å². The summed E-state index contributed by atoms with van der Waals surface area (Å²) in [6.45, 7) is 0. The standard InChI is InChI=1S/C23H16ClFN2OS/c24-18-8-6-16(7-9-18)23-27-21(14-29-23)17-2-1-3-20(13-17)26-22(28)12-15-4-10-19(25)11-5-15/h1-11,13-14H,12H2,(H,26,28). The van der Waals surface area contributed by atoms with Crippen LogP contribution in [0.1, 0.15) is 5.56 Å². The molecule has 0 atom stereocenters. The van der Waals surface area contributed by atoms with E-state index in [1.165, 1.54) is 12.1 Å². The number of hydrogen-bond acceptors (Lipinski definition) is 3. The molecular weight excluding hydrogens is 407 g/mol. The average molecular weight is 423 g/mol. The number of aromatic nitrogens is 1. The van der Waals surface area contributed by atoms with Gasteiger partial charge < -0.3 is 5.32 Å². The molecule has 3 nitrogen and oxygen atoms in total. The Morgan fingerprint density at radius 1 is 1.00 bits per heavy atom. The van der Waals surface area contributed by atoms with Gasteiger partial charge in [-0.05, 0) is 42.0 Å². The second kappa shape index (κ2) is 8.55. The zero-order valence-electron chi connectivity index (χ0n) is 15.2. The molecule has 1 amide bonds. The Bertz CT molecular complexity index is 1140. The van der Waals surface area contributed by atoms with Crippen molar-refractivity contribution in [1.29, 1.82) is 0 Å². The molecule has 6 heteroatoms. The van der Waals surface area contributed by atoms with Crippen molar-refractivity contribution in [1.82, 2.24) is 4.98 Å². The predicted molar refractivity (Wildman–Crippen MR) is 117 cm³/mol. The van der Waals surface area contributed by atoms with Crippen LogP contribution in [0.25, 0.3) is 21.8 Å². The van der Waals surface area contributed by atoms with Crippen LogP contribution in [0.3, 0.4) is 0 Å². The van der Waals surface area contributed by atoms with Crippen LogP contribution < -0.4 is 5.32 Å². The van der Waals surface area contributed by atoms with Crippen LogP contribution in [0, 0.1) is 5.82 Å². The minimum absolute atomic E-state index is 0.158. The number of amides is 1. The largest absolute Gasteiger partial charge is 0.326 e. The van der Waals surface area contributed by atoms with Gasteiger partial charge >= 0.3 is 0 Å². The van der Waals surface area contributed by atoms with Crippen molar-refractivity contribution in [2.75, 3.05) is 5.32 Å². The third kappa shape index (κ3) is 4.88. The minimum atomic E-state index is -0.317. The summed E-state index contributed by atoms with van der Waals surface area (Å²) in [6.07, 6.45) is 0.182. The second-order valence-corrected chi connectivity index (χ2v) is 7.77. The van der Waals surface area contributed by atoms with Gasteiger partial charge in [0, 0.05) is 27.2 Å². The van der Waals surface area contributed by atoms with Gasteiger partial charge in [-0.3, -0.25) is 4.79 Å². The smallest absolute Gasteiger partial charge is 0.228 e. The van der Waals surface area contributed by atoms with Gasteiger partial charge in [0.1, 0.15) is 10.8 Å². The Morgan fingerprint density at radius 2 is 1.76 bits per heavy atom. The first-order valence-electron chi connectivity index (χ1n) is 8.93. The topological polar surface area (TPSA) is 42.0 Å². The molecule has 0 bridgehead atoms. The van der Waals surface area contributed by atoms with Crippen molar-refractivity contribution < 1.29 is 9.18 Å². The molecular formula is C23H16ClFN2OS. The maximum absolute atomic E-state index is 13.0. The lowest BCUT2D eigenvalue weighted by molar-refractivity contribution is -0.115. The second-order valence-electron chi connectivity index (χ2n) is 6.48. The molecule has 3 aromatic carbocycles. The van der Waals surface area contributed by atoms with Gasteiger partial charge in [0.2, 0.25) is 5.91 Å². The number of benzene rings is 3. The molecule has 0 fully saturated rings. The molecule has 4 rings (SSSR count). The zero-order valence-corrected chi connectivity index (χ0v) is 16.8. The number of hydrogen-bond donors (Lipinski definition) is 1. The molecule has 0 unspecified atom stereocenters. The van der Waals surface area contributed by atoms with Crippen LogP contribution in [0.2, 0.25) is 5.02 Å². The fourth-order valence-electron chi connectivity index (χ4n) is 2.88. The van der Waals surface area contributed by atoms with E-state index in [0.717, 1.165) is 27.4 Å². The van der Waals surface area contributed by atoms with Gasteiger partial charge in [-0.1, -0.05) is 48.0 Å². The summed E-state index contributed by atoms with van der Waals surface area (Å²) in [5.74, 6) is -0.475. The Balaban J connectivity index is 1.48. The predicted octanol–water partition coefficient (Wildman–Crippen LogP) is 6.45. The van der Waals surface area contributed by atoms with E-state index in [1.807, 2.05) is 53.9 Å². The molecule has 1 N–H and O–H groups in total. The SMILES string of the molecule is O=C(Cc1ccc(F)cc1)Nc1cccc(-c2csc(-c3ccc(Cl)cc3)n2)c1. The van der Waals surface area contributed by atoms with E-state index in [4.69, 9.17) is 16.6 Å². The number of carbonyl (C=O) groups is 1. The molecule has 0 spiro atoms. The van der Waals surface area contributed by atoms with Crippen LogP contribution in [-0.2, 0) is 11.2 Å². The summed E-state index contributed by atoms with van der Waals surface area (Å²) in [7, 11) is 0. The molecule has 0 aliphatic carbocycles. The van der Waals surface area contributed by atoms with Crippen molar-refractivity contribution in [2.45, 2.75) is 6.42 Å². The average Bonchev–Trinajstić information content (AvgIpc) is 3.21. The highest BCUT2D eigenvalue weighted by Gasteiger charge is 2.09. The van der Waals surface area contributed by atoms with Gasteiger partial charge in [-0.2, -0.15) is 0 Å². The molecule has 1 aromatic heterocycles. The fourth-order valence-corrected chi connectivity index (χ4v) is 3.84. The van der Waals surface area contributed by atoms with Crippen molar-refractivity contribution in [3.05, 3.63) is 94.6 Å². The number of anilines is 1. The van der Waals surface area contributed by atoms with Gasteiger partial charge in [0.25, 0.3) is 0 Å². The molecule has 0 radical (unpaired) electrons. The highest BCUT2D eigenvalue weighted by atomic mass is 35.5. The molecule has 1 heterocycles. The van der Waals surface area contributed by atoms with E-state index in [1.54, 1.807) is 23.5 Å². The van der Waals surface area contributed by atoms with E-state index in [2.05, 4.69) is 5.32 Å². The van der Waals surface area contributed by atoms with E-state index < -0.39 is 0 Å². The Morgan fingerprint density at radius 3 is 2.52 bits per heavy atom. The van der Waals surface area contributed by atoms with Gasteiger partial charge in [-0.25, -0.2) is 9.37 Å². The van der Waals surface area contributed by atoms with Crippen molar-refractivity contribution >= 4 is 34.5 Å². The number of thiazole rings is 1. The van der Waals surface area contributed by atoms with Crippen molar-refractivity contribution in [3.63, 3.8) is 0 Å². The number of halogens is 2. The lowest BCUT2D eigenvalue weighted by atomic mass is 10.1. The Kier molecular flexibility index (Phi) is 5.69. The number of nitrogens with one attached hydrogen (secondary N) is 1. The molecule has 144 valence electrons. The molecule has 0 saturated carbocycles. The summed E-state index contributed by atoms with van der Waals surface area (Å²) in [4.78, 5) is 17.0. The summed E-state index contributed by atoms with van der Waals surface area (Å²) < 4.78 is 13.0. The first-order valence-corrected chi connectivity index (χ1v) is 10.2. The number of nitrogens with zero attached hydrogens (tertiary/aromatic N) is 1. The lowest BCUT2D eigenvalue weighted by Gasteiger charge is -2.07. The first-order chi connectivity index (χ1) is 14.1. The maximum Gasteiger partial charge on any atom is 0.228 e. The normalized spacial score (nSPS) is 10.7. The quantitative estimate of drug-likeness (QED) is 0.401. The summed E-state index contributed by atoms with van der Waals surface area (Å²) in [5, 5.41) is 6.47. The summed E-state index contributed by atoms with van der Waals surface area (Å²) in [6, 6.07) is 21.0. The van der Waals surface area contributed by atoms with Crippen molar-refractivity contribution in [2.24, 2.45) is 0 Å². The number of carbonyl (C=O) groups excluding carboxylic acids is 1. The maximum atomic E-state index is 13.0. The molecule has 0 saturated heterocycles. The van der Waals surface area contributed by atoms with Crippen LogP contribution in [0.5, 0.6) is 0 Å².